The van der Waals surface area contributed by atoms with Gasteiger partial charge in [-0.15, -0.1) is 0 Å². The highest BCUT2D eigenvalue weighted by Gasteiger charge is 2.22. The highest BCUT2D eigenvalue weighted by atomic mass is 79.9. The average molecular weight is 256 g/mol. The zero-order valence-corrected chi connectivity index (χ0v) is 9.76. The van der Waals surface area contributed by atoms with Crippen molar-refractivity contribution >= 4 is 15.9 Å². The van der Waals surface area contributed by atoms with Gasteiger partial charge in [-0.1, -0.05) is 22.0 Å². The van der Waals surface area contributed by atoms with Crippen molar-refractivity contribution in [2.45, 2.75) is 25.8 Å². The Morgan fingerprint density at radius 2 is 2.29 bits per heavy atom. The van der Waals surface area contributed by atoms with Gasteiger partial charge >= 0.3 is 0 Å². The lowest BCUT2D eigenvalue weighted by atomic mass is 10.0. The largest absolute Gasteiger partial charge is 0.507 e. The minimum Gasteiger partial charge on any atom is -0.507 e. The quantitative estimate of drug-likeness (QED) is 0.809. The van der Waals surface area contributed by atoms with Crippen LogP contribution in [0, 0.1) is 6.92 Å². The first-order valence-electron chi connectivity index (χ1n) is 4.91. The van der Waals surface area contributed by atoms with Crippen molar-refractivity contribution in [3.63, 3.8) is 0 Å². The summed E-state index contributed by atoms with van der Waals surface area (Å²) in [5.41, 5.74) is 1.96. The van der Waals surface area contributed by atoms with Crippen molar-refractivity contribution in [3.05, 3.63) is 27.7 Å². The fourth-order valence-electron chi connectivity index (χ4n) is 1.95. The smallest absolute Gasteiger partial charge is 0.124 e. The Morgan fingerprint density at radius 3 is 2.93 bits per heavy atom. The number of rotatable bonds is 1. The molecule has 2 nitrogen and oxygen atoms in total. The van der Waals surface area contributed by atoms with Crippen LogP contribution in [0.15, 0.2) is 16.6 Å². The topological polar surface area (TPSA) is 32.3 Å². The maximum Gasteiger partial charge on any atom is 0.124 e. The summed E-state index contributed by atoms with van der Waals surface area (Å²) < 4.78 is 1.00. The second kappa shape index (κ2) is 3.91. The number of aromatic hydroxyl groups is 1. The van der Waals surface area contributed by atoms with Crippen LogP contribution in [0.1, 0.15) is 30.0 Å². The van der Waals surface area contributed by atoms with Crippen LogP contribution in [0.3, 0.4) is 0 Å². The molecule has 2 N–H and O–H groups in total. The number of halogens is 1. The third kappa shape index (κ3) is 1.66. The van der Waals surface area contributed by atoms with Crippen LogP contribution in [-0.2, 0) is 0 Å². The van der Waals surface area contributed by atoms with Gasteiger partial charge in [0, 0.05) is 16.1 Å². The van der Waals surface area contributed by atoms with E-state index in [1.165, 1.54) is 6.42 Å². The van der Waals surface area contributed by atoms with Gasteiger partial charge in [-0.3, -0.25) is 0 Å². The molecule has 0 aliphatic carbocycles. The molecule has 1 unspecified atom stereocenters. The SMILES string of the molecule is Cc1ccc(Br)c(C2CCCN2)c1O. The van der Waals surface area contributed by atoms with Gasteiger partial charge in [-0.05, 0) is 37.9 Å². The van der Waals surface area contributed by atoms with Crippen molar-refractivity contribution in [2.75, 3.05) is 6.54 Å². The molecule has 1 aromatic rings. The molecule has 76 valence electrons. The van der Waals surface area contributed by atoms with E-state index in [0.717, 1.165) is 28.6 Å². The monoisotopic (exact) mass is 255 g/mol. The third-order valence-electron chi connectivity index (χ3n) is 2.77. The molecule has 1 aliphatic heterocycles. The number of nitrogens with one attached hydrogen (secondary N) is 1. The number of hydrogen-bond donors (Lipinski definition) is 2. The van der Waals surface area contributed by atoms with Gasteiger partial charge in [0.15, 0.2) is 0 Å². The van der Waals surface area contributed by atoms with Gasteiger partial charge in [0.2, 0.25) is 0 Å². The Bertz CT molecular complexity index is 345. The molecule has 1 fully saturated rings. The molecule has 14 heavy (non-hydrogen) atoms. The van der Waals surface area contributed by atoms with E-state index in [2.05, 4.69) is 21.2 Å². The predicted molar refractivity (Wildman–Crippen MR) is 60.5 cm³/mol. The summed E-state index contributed by atoms with van der Waals surface area (Å²) in [5, 5.41) is 13.4. The van der Waals surface area contributed by atoms with Crippen LogP contribution < -0.4 is 5.32 Å². The van der Waals surface area contributed by atoms with Crippen molar-refractivity contribution < 1.29 is 5.11 Å². The number of phenolic OH excluding ortho intramolecular Hbond substituents is 1. The molecule has 3 heteroatoms. The van der Waals surface area contributed by atoms with Gasteiger partial charge in [-0.25, -0.2) is 0 Å². The standard InChI is InChI=1S/C11H14BrNO/c1-7-4-5-8(12)10(11(7)14)9-3-2-6-13-9/h4-5,9,13-14H,2-3,6H2,1H3. The molecule has 0 saturated carbocycles. The maximum atomic E-state index is 9.97. The van der Waals surface area contributed by atoms with Crippen molar-refractivity contribution in [3.8, 4) is 5.75 Å². The predicted octanol–water partition coefficient (Wildman–Crippen LogP) is 2.89. The molecule has 0 radical (unpaired) electrons. The minimum atomic E-state index is 0.310. The fourth-order valence-corrected chi connectivity index (χ4v) is 2.55. The van der Waals surface area contributed by atoms with Crippen LogP contribution in [0.4, 0.5) is 0 Å². The number of hydrogen-bond acceptors (Lipinski definition) is 2. The first-order chi connectivity index (χ1) is 6.70. The Labute approximate surface area is 92.5 Å². The minimum absolute atomic E-state index is 0.310. The molecule has 1 heterocycles. The highest BCUT2D eigenvalue weighted by molar-refractivity contribution is 9.10. The van der Waals surface area contributed by atoms with Crippen molar-refractivity contribution in [2.24, 2.45) is 0 Å². The van der Waals surface area contributed by atoms with Crippen LogP contribution in [0.25, 0.3) is 0 Å². The Morgan fingerprint density at radius 1 is 1.50 bits per heavy atom. The molecule has 1 aliphatic rings. The normalized spacial score (nSPS) is 21.4. The summed E-state index contributed by atoms with van der Waals surface area (Å²) >= 11 is 3.49. The fraction of sp³-hybridized carbons (Fsp3) is 0.455. The second-order valence-electron chi connectivity index (χ2n) is 3.78. The summed E-state index contributed by atoms with van der Waals surface area (Å²) in [6, 6.07) is 4.24. The van der Waals surface area contributed by atoms with E-state index < -0.39 is 0 Å². The van der Waals surface area contributed by atoms with Gasteiger partial charge in [0.1, 0.15) is 5.75 Å². The molecule has 0 spiro atoms. The summed E-state index contributed by atoms with van der Waals surface area (Å²) in [6.07, 6.45) is 2.29. The lowest BCUT2D eigenvalue weighted by Gasteiger charge is -2.16. The summed E-state index contributed by atoms with van der Waals surface area (Å²) in [4.78, 5) is 0. The molecule has 1 saturated heterocycles. The van der Waals surface area contributed by atoms with E-state index in [0.29, 0.717) is 11.8 Å². The number of aryl methyl sites for hydroxylation is 1. The van der Waals surface area contributed by atoms with Crippen LogP contribution in [0.2, 0.25) is 0 Å². The first kappa shape index (κ1) is 9.99. The zero-order chi connectivity index (χ0) is 10.1. The van der Waals surface area contributed by atoms with E-state index in [1.54, 1.807) is 0 Å². The first-order valence-corrected chi connectivity index (χ1v) is 5.71. The van der Waals surface area contributed by atoms with Gasteiger partial charge < -0.3 is 10.4 Å². The molecule has 1 aromatic carbocycles. The Balaban J connectivity index is 2.44. The Kier molecular flexibility index (Phi) is 2.79. The van der Waals surface area contributed by atoms with Gasteiger partial charge in [0.25, 0.3) is 0 Å². The molecule has 0 amide bonds. The molecule has 0 aromatic heterocycles. The van der Waals surface area contributed by atoms with Crippen LogP contribution in [0.5, 0.6) is 5.75 Å². The maximum absolute atomic E-state index is 9.97. The van der Waals surface area contributed by atoms with Crippen LogP contribution in [-0.4, -0.2) is 11.7 Å². The lowest BCUT2D eigenvalue weighted by Crippen LogP contribution is -2.13. The lowest BCUT2D eigenvalue weighted by molar-refractivity contribution is 0.452. The average Bonchev–Trinajstić information content (AvgIpc) is 2.65. The third-order valence-corrected chi connectivity index (χ3v) is 3.47. The molecule has 2 rings (SSSR count). The van der Waals surface area contributed by atoms with Gasteiger partial charge in [0.05, 0.1) is 0 Å². The number of phenols is 1. The second-order valence-corrected chi connectivity index (χ2v) is 4.63. The van der Waals surface area contributed by atoms with Gasteiger partial charge in [-0.2, -0.15) is 0 Å². The Hall–Kier alpha value is -0.540. The molecule has 0 bridgehead atoms. The number of benzene rings is 1. The zero-order valence-electron chi connectivity index (χ0n) is 8.18. The van der Waals surface area contributed by atoms with Crippen molar-refractivity contribution in [1.29, 1.82) is 0 Å². The van der Waals surface area contributed by atoms with E-state index in [4.69, 9.17) is 0 Å². The van der Waals surface area contributed by atoms with E-state index >= 15 is 0 Å². The van der Waals surface area contributed by atoms with Crippen molar-refractivity contribution in [1.82, 2.24) is 5.32 Å². The highest BCUT2D eigenvalue weighted by Crippen LogP contribution is 2.37. The molecular weight excluding hydrogens is 242 g/mol. The molecule has 1 atom stereocenters. The summed E-state index contributed by atoms with van der Waals surface area (Å²) in [6.45, 7) is 2.98. The van der Waals surface area contributed by atoms with E-state index in [-0.39, 0.29) is 0 Å². The summed E-state index contributed by atoms with van der Waals surface area (Å²) in [5.74, 6) is 0.429. The summed E-state index contributed by atoms with van der Waals surface area (Å²) in [7, 11) is 0. The molecular formula is C11H14BrNO. The van der Waals surface area contributed by atoms with E-state index in [1.807, 2.05) is 19.1 Å². The van der Waals surface area contributed by atoms with E-state index in [9.17, 15) is 5.11 Å². The van der Waals surface area contributed by atoms with Crippen LogP contribution >= 0.6 is 15.9 Å².